The zero-order chi connectivity index (χ0) is 22.5. The van der Waals surface area contributed by atoms with Gasteiger partial charge in [-0.15, -0.1) is 0 Å². The molecule has 2 aromatic carbocycles. The number of piperazine rings is 1. The lowest BCUT2D eigenvalue weighted by Gasteiger charge is -2.36. The summed E-state index contributed by atoms with van der Waals surface area (Å²) in [6, 6.07) is 14.0. The number of ether oxygens (including phenoxy) is 1. The highest BCUT2D eigenvalue weighted by Gasteiger charge is 2.22. The van der Waals surface area contributed by atoms with Crippen LogP contribution in [-0.4, -0.2) is 61.1 Å². The molecule has 1 saturated heterocycles. The number of benzene rings is 2. The molecule has 0 bridgehead atoms. The monoisotopic (exact) mass is 438 g/mol. The van der Waals surface area contributed by atoms with Gasteiger partial charge in [-0.25, -0.2) is 9.18 Å². The normalized spacial score (nSPS) is 14.5. The number of rotatable bonds is 7. The SMILES string of the molecule is CCOC(=O)c1[nH]c2ccccc2c1NC(=O)CCN1CCN(c2ccc(F)cc2)CC1. The van der Waals surface area contributed by atoms with Crippen molar-refractivity contribution in [2.75, 3.05) is 49.5 Å². The lowest BCUT2D eigenvalue weighted by molar-refractivity contribution is -0.116. The van der Waals surface area contributed by atoms with Crippen LogP contribution in [-0.2, 0) is 9.53 Å². The molecule has 8 heteroatoms. The summed E-state index contributed by atoms with van der Waals surface area (Å²) in [5.41, 5.74) is 2.50. The van der Waals surface area contributed by atoms with Crippen molar-refractivity contribution in [1.29, 1.82) is 0 Å². The van der Waals surface area contributed by atoms with Crippen molar-refractivity contribution >= 4 is 34.2 Å². The Morgan fingerprint density at radius 3 is 2.50 bits per heavy atom. The Morgan fingerprint density at radius 1 is 1.06 bits per heavy atom. The number of H-pyrrole nitrogens is 1. The van der Waals surface area contributed by atoms with Crippen LogP contribution < -0.4 is 10.2 Å². The number of anilines is 2. The van der Waals surface area contributed by atoms with Crippen molar-refractivity contribution in [3.63, 3.8) is 0 Å². The average Bonchev–Trinajstić information content (AvgIpc) is 3.17. The van der Waals surface area contributed by atoms with Gasteiger partial charge in [0.2, 0.25) is 5.91 Å². The molecule has 1 aromatic heterocycles. The van der Waals surface area contributed by atoms with Gasteiger partial charge in [0.1, 0.15) is 11.5 Å². The molecule has 7 nitrogen and oxygen atoms in total. The quantitative estimate of drug-likeness (QED) is 0.551. The van der Waals surface area contributed by atoms with Crippen molar-refractivity contribution < 1.29 is 18.7 Å². The van der Waals surface area contributed by atoms with E-state index in [-0.39, 0.29) is 24.0 Å². The number of hydrogen-bond donors (Lipinski definition) is 2. The van der Waals surface area contributed by atoms with E-state index in [9.17, 15) is 14.0 Å². The molecule has 0 atom stereocenters. The average molecular weight is 439 g/mol. The number of carbonyl (C=O) groups excluding carboxylic acids is 2. The number of aromatic nitrogens is 1. The molecule has 1 aliphatic heterocycles. The van der Waals surface area contributed by atoms with Crippen LogP contribution in [0.3, 0.4) is 0 Å². The highest BCUT2D eigenvalue weighted by molar-refractivity contribution is 6.10. The minimum atomic E-state index is -0.490. The minimum Gasteiger partial charge on any atom is -0.461 e. The summed E-state index contributed by atoms with van der Waals surface area (Å²) in [6.07, 6.45) is 0.318. The fourth-order valence-corrected chi connectivity index (χ4v) is 3.97. The van der Waals surface area contributed by atoms with Crippen molar-refractivity contribution in [2.45, 2.75) is 13.3 Å². The molecule has 32 heavy (non-hydrogen) atoms. The Bertz CT molecular complexity index is 1090. The predicted molar refractivity (Wildman–Crippen MR) is 123 cm³/mol. The van der Waals surface area contributed by atoms with Crippen molar-refractivity contribution in [2.24, 2.45) is 0 Å². The number of amides is 1. The van der Waals surface area contributed by atoms with Gasteiger partial charge in [-0.05, 0) is 37.3 Å². The highest BCUT2D eigenvalue weighted by atomic mass is 19.1. The fourth-order valence-electron chi connectivity index (χ4n) is 3.97. The number of nitrogens with zero attached hydrogens (tertiary/aromatic N) is 2. The first-order valence-corrected chi connectivity index (χ1v) is 10.9. The minimum absolute atomic E-state index is 0.152. The van der Waals surface area contributed by atoms with E-state index in [1.165, 1.54) is 12.1 Å². The van der Waals surface area contributed by atoms with Crippen LogP contribution in [0.2, 0.25) is 0 Å². The lowest BCUT2D eigenvalue weighted by Crippen LogP contribution is -2.47. The lowest BCUT2D eigenvalue weighted by atomic mass is 10.2. The highest BCUT2D eigenvalue weighted by Crippen LogP contribution is 2.28. The second-order valence-electron chi connectivity index (χ2n) is 7.74. The van der Waals surface area contributed by atoms with Crippen molar-refractivity contribution in [1.82, 2.24) is 9.88 Å². The molecule has 1 aliphatic rings. The first kappa shape index (κ1) is 21.8. The topological polar surface area (TPSA) is 77.7 Å². The van der Waals surface area contributed by atoms with Gasteiger partial charge in [0.25, 0.3) is 0 Å². The van der Waals surface area contributed by atoms with Gasteiger partial charge >= 0.3 is 5.97 Å². The Hall–Kier alpha value is -3.39. The second-order valence-corrected chi connectivity index (χ2v) is 7.74. The molecule has 0 unspecified atom stereocenters. The van der Waals surface area contributed by atoms with Crippen molar-refractivity contribution in [3.8, 4) is 0 Å². The number of para-hydroxylation sites is 1. The third-order valence-electron chi connectivity index (χ3n) is 5.67. The number of aromatic amines is 1. The summed E-state index contributed by atoms with van der Waals surface area (Å²) in [7, 11) is 0. The molecule has 4 rings (SSSR count). The Balaban J connectivity index is 1.34. The maximum Gasteiger partial charge on any atom is 0.356 e. The molecular formula is C24H27FN4O3. The number of nitrogens with one attached hydrogen (secondary N) is 2. The predicted octanol–water partition coefficient (Wildman–Crippen LogP) is 3.63. The zero-order valence-electron chi connectivity index (χ0n) is 18.1. The molecule has 168 valence electrons. The number of fused-ring (bicyclic) bond motifs is 1. The molecule has 1 amide bonds. The van der Waals surface area contributed by atoms with E-state index in [1.54, 1.807) is 19.1 Å². The van der Waals surface area contributed by atoms with Gasteiger partial charge in [-0.1, -0.05) is 18.2 Å². The second kappa shape index (κ2) is 9.82. The Morgan fingerprint density at radius 2 is 1.78 bits per heavy atom. The van der Waals surface area contributed by atoms with Crippen LogP contribution in [0.15, 0.2) is 48.5 Å². The van der Waals surface area contributed by atoms with E-state index in [0.29, 0.717) is 18.7 Å². The largest absolute Gasteiger partial charge is 0.461 e. The van der Waals surface area contributed by atoms with E-state index in [0.717, 1.165) is 42.8 Å². The van der Waals surface area contributed by atoms with Crippen LogP contribution in [0.5, 0.6) is 0 Å². The first-order valence-electron chi connectivity index (χ1n) is 10.9. The molecule has 0 radical (unpaired) electrons. The third-order valence-corrected chi connectivity index (χ3v) is 5.67. The summed E-state index contributed by atoms with van der Waals surface area (Å²) in [5.74, 6) is -0.878. The number of halogens is 1. The van der Waals surface area contributed by atoms with E-state index in [1.807, 2.05) is 24.3 Å². The smallest absolute Gasteiger partial charge is 0.356 e. The third kappa shape index (κ3) is 4.91. The van der Waals surface area contributed by atoms with Crippen LogP contribution in [0, 0.1) is 5.82 Å². The number of hydrogen-bond acceptors (Lipinski definition) is 5. The standard InChI is InChI=1S/C24H27FN4O3/c1-2-32-24(31)23-22(19-5-3-4-6-20(19)26-23)27-21(30)11-12-28-13-15-29(16-14-28)18-9-7-17(25)8-10-18/h3-10,26H,2,11-16H2,1H3,(H,27,30). The Kier molecular flexibility index (Phi) is 6.70. The Labute approximate surface area is 186 Å². The molecule has 2 heterocycles. The molecular weight excluding hydrogens is 411 g/mol. The van der Waals surface area contributed by atoms with Gasteiger partial charge in [0, 0.05) is 55.7 Å². The number of esters is 1. The van der Waals surface area contributed by atoms with Crippen molar-refractivity contribution in [3.05, 3.63) is 60.0 Å². The molecule has 2 N–H and O–H groups in total. The van der Waals surface area contributed by atoms with Crippen LogP contribution >= 0.6 is 0 Å². The summed E-state index contributed by atoms with van der Waals surface area (Å²) in [4.78, 5) is 32.6. The maximum atomic E-state index is 13.1. The summed E-state index contributed by atoms with van der Waals surface area (Å²) >= 11 is 0. The molecule has 0 spiro atoms. The van der Waals surface area contributed by atoms with Gasteiger partial charge < -0.3 is 19.9 Å². The van der Waals surface area contributed by atoms with Crippen LogP contribution in [0.1, 0.15) is 23.8 Å². The van der Waals surface area contributed by atoms with Gasteiger partial charge in [-0.2, -0.15) is 0 Å². The van der Waals surface area contributed by atoms with E-state index in [2.05, 4.69) is 20.1 Å². The zero-order valence-corrected chi connectivity index (χ0v) is 18.1. The summed E-state index contributed by atoms with van der Waals surface area (Å²) in [6.45, 7) is 5.92. The van der Waals surface area contributed by atoms with E-state index < -0.39 is 5.97 Å². The molecule has 1 fully saturated rings. The first-order chi connectivity index (χ1) is 15.5. The fraction of sp³-hybridized carbons (Fsp3) is 0.333. The molecule has 0 saturated carbocycles. The summed E-state index contributed by atoms with van der Waals surface area (Å²) in [5, 5.41) is 3.68. The van der Waals surface area contributed by atoms with Gasteiger partial charge in [0.05, 0.1) is 12.3 Å². The van der Waals surface area contributed by atoms with E-state index >= 15 is 0 Å². The van der Waals surface area contributed by atoms with Crippen LogP contribution in [0.25, 0.3) is 10.9 Å². The van der Waals surface area contributed by atoms with Gasteiger partial charge in [0.15, 0.2) is 0 Å². The van der Waals surface area contributed by atoms with E-state index in [4.69, 9.17) is 4.74 Å². The number of carbonyl (C=O) groups is 2. The molecule has 3 aromatic rings. The van der Waals surface area contributed by atoms with Gasteiger partial charge in [-0.3, -0.25) is 9.69 Å². The molecule has 0 aliphatic carbocycles. The maximum absolute atomic E-state index is 13.1. The van der Waals surface area contributed by atoms with Crippen LogP contribution in [0.4, 0.5) is 15.8 Å². The summed E-state index contributed by atoms with van der Waals surface area (Å²) < 4.78 is 18.3.